The Hall–Kier alpha value is -0.260. The quantitative estimate of drug-likeness (QED) is 0.577. The van der Waals surface area contributed by atoms with Crippen molar-refractivity contribution in [3.05, 3.63) is 0 Å². The van der Waals surface area contributed by atoms with Gasteiger partial charge in [0.2, 0.25) is 0 Å². The number of halogens is 2. The zero-order valence-electron chi connectivity index (χ0n) is 9.34. The van der Waals surface area contributed by atoms with Crippen molar-refractivity contribution in [1.29, 1.82) is 0 Å². The molecule has 0 radical (unpaired) electrons. The lowest BCUT2D eigenvalue weighted by molar-refractivity contribution is -0.00583. The number of aliphatic hydroxyl groups is 2. The Bertz CT molecular complexity index is 155. The van der Waals surface area contributed by atoms with Crippen LogP contribution < -0.4 is 5.32 Å². The zero-order chi connectivity index (χ0) is 11.9. The fourth-order valence-corrected chi connectivity index (χ4v) is 1.35. The van der Waals surface area contributed by atoms with E-state index in [0.717, 1.165) is 12.8 Å². The highest BCUT2D eigenvalue weighted by atomic mass is 19.3. The summed E-state index contributed by atoms with van der Waals surface area (Å²) in [5, 5.41) is 20.8. The second-order valence-electron chi connectivity index (χ2n) is 3.90. The molecular weight excluding hydrogens is 204 g/mol. The first-order valence-corrected chi connectivity index (χ1v) is 5.29. The van der Waals surface area contributed by atoms with E-state index in [-0.39, 0.29) is 18.6 Å². The van der Waals surface area contributed by atoms with Crippen LogP contribution in [0.1, 0.15) is 26.7 Å². The predicted molar refractivity (Wildman–Crippen MR) is 55.0 cm³/mol. The molecule has 0 saturated carbocycles. The molecule has 0 rings (SSSR count). The summed E-state index contributed by atoms with van der Waals surface area (Å²) in [6, 6.07) is 0. The van der Waals surface area contributed by atoms with Crippen molar-refractivity contribution in [2.24, 2.45) is 5.41 Å². The number of alkyl halides is 2. The van der Waals surface area contributed by atoms with Gasteiger partial charge >= 0.3 is 0 Å². The van der Waals surface area contributed by atoms with Gasteiger partial charge in [-0.05, 0) is 12.8 Å². The minimum Gasteiger partial charge on any atom is -0.396 e. The van der Waals surface area contributed by atoms with Crippen LogP contribution >= 0.6 is 0 Å². The summed E-state index contributed by atoms with van der Waals surface area (Å²) in [6.45, 7) is 4.23. The molecule has 0 aliphatic carbocycles. The largest absolute Gasteiger partial charge is 0.396 e. The topological polar surface area (TPSA) is 52.5 Å². The maximum Gasteiger partial charge on any atom is 0.265 e. The van der Waals surface area contributed by atoms with Gasteiger partial charge in [-0.25, -0.2) is 8.78 Å². The van der Waals surface area contributed by atoms with Gasteiger partial charge in [-0.2, -0.15) is 0 Å². The van der Waals surface area contributed by atoms with E-state index >= 15 is 0 Å². The molecular formula is C10H21F2NO2. The second-order valence-corrected chi connectivity index (χ2v) is 3.90. The molecule has 0 bridgehead atoms. The average molecular weight is 225 g/mol. The summed E-state index contributed by atoms with van der Waals surface area (Å²) >= 11 is 0. The van der Waals surface area contributed by atoms with Crippen molar-refractivity contribution in [2.75, 3.05) is 19.7 Å². The molecule has 0 heterocycles. The Morgan fingerprint density at radius 3 is 2.13 bits per heavy atom. The van der Waals surface area contributed by atoms with E-state index in [1.807, 2.05) is 13.8 Å². The summed E-state index contributed by atoms with van der Waals surface area (Å²) in [4.78, 5) is 0. The Morgan fingerprint density at radius 1 is 1.27 bits per heavy atom. The van der Waals surface area contributed by atoms with Gasteiger partial charge < -0.3 is 15.5 Å². The molecule has 0 fully saturated rings. The van der Waals surface area contributed by atoms with Crippen molar-refractivity contribution in [1.82, 2.24) is 5.32 Å². The second kappa shape index (κ2) is 7.09. The summed E-state index contributed by atoms with van der Waals surface area (Å²) in [7, 11) is 0. The van der Waals surface area contributed by atoms with Gasteiger partial charge in [0.1, 0.15) is 6.10 Å². The smallest absolute Gasteiger partial charge is 0.265 e. The van der Waals surface area contributed by atoms with Crippen LogP contribution in [-0.4, -0.2) is 42.4 Å². The Balaban J connectivity index is 3.91. The number of aliphatic hydroxyl groups excluding tert-OH is 2. The van der Waals surface area contributed by atoms with Gasteiger partial charge in [-0.1, -0.05) is 13.8 Å². The molecule has 3 N–H and O–H groups in total. The molecule has 0 amide bonds. The third-order valence-corrected chi connectivity index (χ3v) is 2.98. The van der Waals surface area contributed by atoms with Gasteiger partial charge in [0.25, 0.3) is 6.43 Å². The van der Waals surface area contributed by atoms with Gasteiger partial charge in [0, 0.05) is 25.1 Å². The number of hydrogen-bond acceptors (Lipinski definition) is 3. The molecule has 5 heteroatoms. The van der Waals surface area contributed by atoms with Crippen molar-refractivity contribution in [2.45, 2.75) is 39.2 Å². The molecule has 0 aromatic rings. The molecule has 1 atom stereocenters. The third-order valence-electron chi connectivity index (χ3n) is 2.98. The maximum atomic E-state index is 12.0. The summed E-state index contributed by atoms with van der Waals surface area (Å²) in [5.74, 6) is 0. The zero-order valence-corrected chi connectivity index (χ0v) is 9.34. The predicted octanol–water partition coefficient (Wildman–Crippen LogP) is 1.00. The fourth-order valence-electron chi connectivity index (χ4n) is 1.35. The first kappa shape index (κ1) is 14.7. The lowest BCUT2D eigenvalue weighted by Gasteiger charge is -2.30. The standard InChI is InChI=1S/C10H21F2NO2/c1-3-10(4-2,7-14)6-13-5-8(15)9(11)12/h8-9,13-15H,3-7H2,1-2H3. The summed E-state index contributed by atoms with van der Waals surface area (Å²) in [5.41, 5.74) is -0.262. The molecule has 0 saturated heterocycles. The molecule has 92 valence electrons. The highest BCUT2D eigenvalue weighted by molar-refractivity contribution is 4.78. The van der Waals surface area contributed by atoms with Crippen LogP contribution in [0.15, 0.2) is 0 Å². The number of rotatable bonds is 8. The van der Waals surface area contributed by atoms with Crippen LogP contribution in [0.25, 0.3) is 0 Å². The third kappa shape index (κ3) is 4.86. The van der Waals surface area contributed by atoms with E-state index in [1.54, 1.807) is 0 Å². The van der Waals surface area contributed by atoms with Crippen molar-refractivity contribution >= 4 is 0 Å². The minimum absolute atomic E-state index is 0.0256. The van der Waals surface area contributed by atoms with E-state index in [1.165, 1.54) is 0 Å². The van der Waals surface area contributed by atoms with Gasteiger partial charge in [0.05, 0.1) is 0 Å². The summed E-state index contributed by atoms with van der Waals surface area (Å²) < 4.78 is 23.9. The lowest BCUT2D eigenvalue weighted by Crippen LogP contribution is -2.41. The number of hydrogen-bond donors (Lipinski definition) is 3. The minimum atomic E-state index is -2.72. The van der Waals surface area contributed by atoms with Crippen LogP contribution in [-0.2, 0) is 0 Å². The van der Waals surface area contributed by atoms with Gasteiger partial charge in [0.15, 0.2) is 0 Å². The van der Waals surface area contributed by atoms with Crippen LogP contribution in [0.5, 0.6) is 0 Å². The molecule has 0 aliphatic rings. The normalized spacial score (nSPS) is 14.6. The van der Waals surface area contributed by atoms with E-state index < -0.39 is 12.5 Å². The average Bonchev–Trinajstić information content (AvgIpc) is 2.24. The monoisotopic (exact) mass is 225 g/mol. The number of nitrogens with one attached hydrogen (secondary N) is 1. The molecule has 3 nitrogen and oxygen atoms in total. The van der Waals surface area contributed by atoms with Crippen LogP contribution in [0, 0.1) is 5.41 Å². The molecule has 0 aromatic carbocycles. The van der Waals surface area contributed by atoms with Crippen LogP contribution in [0.2, 0.25) is 0 Å². The molecule has 0 aliphatic heterocycles. The van der Waals surface area contributed by atoms with E-state index in [2.05, 4.69) is 5.32 Å². The van der Waals surface area contributed by atoms with Crippen LogP contribution in [0.3, 0.4) is 0 Å². The fraction of sp³-hybridized carbons (Fsp3) is 1.00. The molecule has 15 heavy (non-hydrogen) atoms. The Morgan fingerprint density at radius 2 is 1.80 bits per heavy atom. The summed E-state index contributed by atoms with van der Waals surface area (Å²) in [6.07, 6.45) is -2.80. The van der Waals surface area contributed by atoms with Gasteiger partial charge in [-0.3, -0.25) is 0 Å². The van der Waals surface area contributed by atoms with E-state index in [0.29, 0.717) is 6.54 Å². The lowest BCUT2D eigenvalue weighted by atomic mass is 9.83. The Kier molecular flexibility index (Phi) is 6.96. The van der Waals surface area contributed by atoms with E-state index in [9.17, 15) is 13.9 Å². The van der Waals surface area contributed by atoms with E-state index in [4.69, 9.17) is 5.11 Å². The molecule has 1 unspecified atom stereocenters. The SMILES string of the molecule is CCC(CC)(CO)CNCC(O)C(F)F. The van der Waals surface area contributed by atoms with Crippen molar-refractivity contribution in [3.8, 4) is 0 Å². The highest BCUT2D eigenvalue weighted by Crippen LogP contribution is 2.24. The maximum absolute atomic E-state index is 12.0. The van der Waals surface area contributed by atoms with Crippen LogP contribution in [0.4, 0.5) is 8.78 Å². The van der Waals surface area contributed by atoms with Crippen molar-refractivity contribution < 1.29 is 19.0 Å². The molecule has 0 spiro atoms. The first-order valence-electron chi connectivity index (χ1n) is 5.29. The highest BCUT2D eigenvalue weighted by Gasteiger charge is 2.25. The first-order chi connectivity index (χ1) is 7.01. The van der Waals surface area contributed by atoms with Gasteiger partial charge in [-0.15, -0.1) is 0 Å². The Labute approximate surface area is 89.5 Å². The van der Waals surface area contributed by atoms with Crippen molar-refractivity contribution in [3.63, 3.8) is 0 Å². The molecule has 0 aromatic heterocycles.